The largest absolute Gasteiger partial charge is 0.103 e. The number of halogens is 1. The number of benzene rings is 5. The molecule has 0 aromatic heterocycles. The minimum atomic E-state index is -0.579. The molecule has 1 aliphatic rings. The summed E-state index contributed by atoms with van der Waals surface area (Å²) < 4.78 is -0.579. The standard InChI is InChI=1S/C39H33Br/c1-26-20-27(2)23-33(22-26)36-35(30-14-8-5-9-15-30)37(31-16-10-6-11-17-31)39(40,34-24-28(3)21-29(4)25-34)38(36)32-18-12-7-13-19-32/h5-25H,1-4H3. The van der Waals surface area contributed by atoms with Crippen LogP contribution < -0.4 is 0 Å². The Balaban J connectivity index is 1.86. The number of aryl methyl sites for hydroxylation is 4. The van der Waals surface area contributed by atoms with Crippen LogP contribution >= 0.6 is 15.9 Å². The zero-order chi connectivity index (χ0) is 27.9. The Hall–Kier alpha value is -3.94. The second kappa shape index (κ2) is 10.6. The van der Waals surface area contributed by atoms with Gasteiger partial charge in [0.05, 0.1) is 0 Å². The molecule has 0 saturated heterocycles. The van der Waals surface area contributed by atoms with Crippen LogP contribution in [0, 0.1) is 27.7 Å². The summed E-state index contributed by atoms with van der Waals surface area (Å²) in [5, 5.41) is 0. The fourth-order valence-electron chi connectivity index (χ4n) is 6.38. The van der Waals surface area contributed by atoms with Crippen molar-refractivity contribution in [2.45, 2.75) is 32.0 Å². The fraction of sp³-hybridized carbons (Fsp3) is 0.128. The quantitative estimate of drug-likeness (QED) is 0.181. The van der Waals surface area contributed by atoms with E-state index in [1.807, 2.05) is 0 Å². The summed E-state index contributed by atoms with van der Waals surface area (Å²) in [6.45, 7) is 8.79. The Bertz CT molecular complexity index is 1720. The van der Waals surface area contributed by atoms with Crippen molar-refractivity contribution >= 4 is 38.2 Å². The molecule has 6 rings (SSSR count). The molecular formula is C39H33Br. The van der Waals surface area contributed by atoms with Gasteiger partial charge in [-0.25, -0.2) is 0 Å². The number of hydrogen-bond donors (Lipinski definition) is 0. The average Bonchev–Trinajstić information content (AvgIpc) is 3.23. The van der Waals surface area contributed by atoms with E-state index >= 15 is 0 Å². The summed E-state index contributed by atoms with van der Waals surface area (Å²) >= 11 is 4.53. The molecular weight excluding hydrogens is 548 g/mol. The predicted octanol–water partition coefficient (Wildman–Crippen LogP) is 10.7. The third-order valence-corrected chi connectivity index (χ3v) is 9.01. The van der Waals surface area contributed by atoms with Crippen molar-refractivity contribution in [3.05, 3.63) is 177 Å². The Morgan fingerprint density at radius 3 is 1.18 bits per heavy atom. The SMILES string of the molecule is Cc1cc(C)cc(C2=C(c3ccccc3)C(Br)(c3cc(C)cc(C)c3)C(c3ccccc3)=C2c2ccccc2)c1. The number of alkyl halides is 1. The lowest BCUT2D eigenvalue weighted by Crippen LogP contribution is -2.21. The van der Waals surface area contributed by atoms with Crippen LogP contribution in [0.3, 0.4) is 0 Å². The summed E-state index contributed by atoms with van der Waals surface area (Å²) in [5.41, 5.74) is 16.3. The van der Waals surface area contributed by atoms with E-state index in [0.717, 1.165) is 0 Å². The molecule has 196 valence electrons. The highest BCUT2D eigenvalue weighted by Crippen LogP contribution is 2.65. The summed E-state index contributed by atoms with van der Waals surface area (Å²) in [4.78, 5) is 0. The van der Waals surface area contributed by atoms with Crippen LogP contribution in [0.25, 0.3) is 22.3 Å². The highest BCUT2D eigenvalue weighted by atomic mass is 79.9. The molecule has 0 N–H and O–H groups in total. The molecule has 0 heterocycles. The monoisotopic (exact) mass is 580 g/mol. The van der Waals surface area contributed by atoms with Crippen LogP contribution in [0.2, 0.25) is 0 Å². The van der Waals surface area contributed by atoms with Gasteiger partial charge >= 0.3 is 0 Å². The molecule has 0 bridgehead atoms. The summed E-state index contributed by atoms with van der Waals surface area (Å²) in [6, 6.07) is 46.6. The molecule has 1 atom stereocenters. The smallest absolute Gasteiger partial charge is 0.0695 e. The van der Waals surface area contributed by atoms with Crippen LogP contribution in [0.4, 0.5) is 0 Å². The normalized spacial score (nSPS) is 17.0. The van der Waals surface area contributed by atoms with Gasteiger partial charge < -0.3 is 0 Å². The van der Waals surface area contributed by atoms with Crippen molar-refractivity contribution in [1.82, 2.24) is 0 Å². The van der Waals surface area contributed by atoms with Crippen LogP contribution in [-0.4, -0.2) is 0 Å². The first-order chi connectivity index (χ1) is 19.4. The van der Waals surface area contributed by atoms with Gasteiger partial charge in [0, 0.05) is 0 Å². The van der Waals surface area contributed by atoms with Gasteiger partial charge in [-0.1, -0.05) is 166 Å². The van der Waals surface area contributed by atoms with Gasteiger partial charge in [0.2, 0.25) is 0 Å². The molecule has 0 saturated carbocycles. The summed E-state index contributed by atoms with van der Waals surface area (Å²) in [5.74, 6) is 0. The first kappa shape index (κ1) is 26.3. The van der Waals surface area contributed by atoms with E-state index in [4.69, 9.17) is 0 Å². The van der Waals surface area contributed by atoms with Gasteiger partial charge in [0.25, 0.3) is 0 Å². The lowest BCUT2D eigenvalue weighted by atomic mass is 9.80. The zero-order valence-corrected chi connectivity index (χ0v) is 25.1. The van der Waals surface area contributed by atoms with Crippen LogP contribution in [0.15, 0.2) is 127 Å². The molecule has 5 aromatic carbocycles. The third kappa shape index (κ3) is 4.59. The second-order valence-electron chi connectivity index (χ2n) is 11.0. The minimum Gasteiger partial charge on any atom is -0.0695 e. The molecule has 0 fully saturated rings. The maximum atomic E-state index is 4.53. The molecule has 0 radical (unpaired) electrons. The van der Waals surface area contributed by atoms with E-state index in [1.165, 1.54) is 72.4 Å². The summed E-state index contributed by atoms with van der Waals surface area (Å²) in [6.07, 6.45) is 0. The van der Waals surface area contributed by atoms with Crippen molar-refractivity contribution in [3.8, 4) is 0 Å². The Kier molecular flexibility index (Phi) is 6.94. The lowest BCUT2D eigenvalue weighted by molar-refractivity contribution is 1.06. The minimum absolute atomic E-state index is 0.579. The third-order valence-electron chi connectivity index (χ3n) is 7.76. The molecule has 1 heteroatoms. The molecule has 40 heavy (non-hydrogen) atoms. The molecule has 0 aliphatic heterocycles. The maximum Gasteiger partial charge on any atom is 0.103 e. The molecule has 0 spiro atoms. The van der Waals surface area contributed by atoms with Gasteiger partial charge in [-0.05, 0) is 77.8 Å². The molecule has 1 unspecified atom stereocenters. The van der Waals surface area contributed by atoms with Gasteiger partial charge in [0.15, 0.2) is 0 Å². The first-order valence-electron chi connectivity index (χ1n) is 13.9. The van der Waals surface area contributed by atoms with E-state index in [2.05, 4.69) is 171 Å². The van der Waals surface area contributed by atoms with Gasteiger partial charge in [-0.3, -0.25) is 0 Å². The maximum absolute atomic E-state index is 4.53. The van der Waals surface area contributed by atoms with Crippen molar-refractivity contribution in [2.75, 3.05) is 0 Å². The topological polar surface area (TPSA) is 0 Å². The second-order valence-corrected chi connectivity index (χ2v) is 12.2. The van der Waals surface area contributed by atoms with Crippen molar-refractivity contribution in [2.24, 2.45) is 0 Å². The van der Waals surface area contributed by atoms with Crippen LogP contribution in [0.1, 0.15) is 50.1 Å². The van der Waals surface area contributed by atoms with E-state index in [-0.39, 0.29) is 0 Å². The van der Waals surface area contributed by atoms with Gasteiger partial charge in [0.1, 0.15) is 4.32 Å². The predicted molar refractivity (Wildman–Crippen MR) is 175 cm³/mol. The average molecular weight is 582 g/mol. The Morgan fingerprint density at radius 1 is 0.400 bits per heavy atom. The highest BCUT2D eigenvalue weighted by molar-refractivity contribution is 9.10. The van der Waals surface area contributed by atoms with E-state index in [0.29, 0.717) is 0 Å². The van der Waals surface area contributed by atoms with Crippen LogP contribution in [0.5, 0.6) is 0 Å². The van der Waals surface area contributed by atoms with Gasteiger partial charge in [-0.15, -0.1) is 0 Å². The highest BCUT2D eigenvalue weighted by Gasteiger charge is 2.48. The number of rotatable bonds is 5. The van der Waals surface area contributed by atoms with Crippen molar-refractivity contribution in [1.29, 1.82) is 0 Å². The summed E-state index contributed by atoms with van der Waals surface area (Å²) in [7, 11) is 0. The molecule has 5 aromatic rings. The van der Waals surface area contributed by atoms with E-state index < -0.39 is 4.32 Å². The molecule has 1 aliphatic carbocycles. The number of allylic oxidation sites excluding steroid dienone is 4. The number of hydrogen-bond acceptors (Lipinski definition) is 0. The van der Waals surface area contributed by atoms with E-state index in [1.54, 1.807) is 0 Å². The molecule has 0 nitrogen and oxygen atoms in total. The lowest BCUT2D eigenvalue weighted by Gasteiger charge is -2.32. The van der Waals surface area contributed by atoms with Crippen molar-refractivity contribution in [3.63, 3.8) is 0 Å². The van der Waals surface area contributed by atoms with Gasteiger partial charge in [-0.2, -0.15) is 0 Å². The van der Waals surface area contributed by atoms with E-state index in [9.17, 15) is 0 Å². The van der Waals surface area contributed by atoms with Crippen molar-refractivity contribution < 1.29 is 0 Å². The zero-order valence-electron chi connectivity index (χ0n) is 23.5. The fourth-order valence-corrected chi connectivity index (χ4v) is 7.46. The Morgan fingerprint density at radius 2 is 0.750 bits per heavy atom. The first-order valence-corrected chi connectivity index (χ1v) is 14.7. The Labute approximate surface area is 246 Å². The molecule has 0 amide bonds. The van der Waals surface area contributed by atoms with Crippen LogP contribution in [-0.2, 0) is 4.32 Å².